The number of thiazole rings is 1. The molecular formula is C22H28N6S. The molecule has 6 nitrogen and oxygen atoms in total. The fourth-order valence-electron chi connectivity index (χ4n) is 3.98. The molecule has 152 valence electrons. The maximum atomic E-state index is 4.88. The zero-order chi connectivity index (χ0) is 20.6. The van der Waals surface area contributed by atoms with E-state index in [-0.39, 0.29) is 11.6 Å². The largest absolute Gasteiger partial charge is 0.316 e. The van der Waals surface area contributed by atoms with Crippen molar-refractivity contribution in [3.63, 3.8) is 0 Å². The lowest BCUT2D eigenvalue weighted by molar-refractivity contribution is 0.113. The lowest BCUT2D eigenvalue weighted by Crippen LogP contribution is -2.39. The molecule has 7 heteroatoms. The highest BCUT2D eigenvalue weighted by Gasteiger charge is 2.41. The van der Waals surface area contributed by atoms with E-state index in [2.05, 4.69) is 53.9 Å². The van der Waals surface area contributed by atoms with Gasteiger partial charge < -0.3 is 5.32 Å². The highest BCUT2D eigenvalue weighted by atomic mass is 32.1. The Kier molecular flexibility index (Phi) is 5.36. The molecule has 1 saturated heterocycles. The number of likely N-dealkylation sites (tertiary alicyclic amines) is 1. The molecule has 1 aliphatic rings. The average molecular weight is 409 g/mol. The number of hydrogen-bond acceptors (Lipinski definition) is 7. The van der Waals surface area contributed by atoms with Crippen LogP contribution in [0.5, 0.6) is 0 Å². The molecule has 0 amide bonds. The second-order valence-electron chi connectivity index (χ2n) is 8.42. The first kappa shape index (κ1) is 19.9. The van der Waals surface area contributed by atoms with E-state index in [0.717, 1.165) is 47.5 Å². The average Bonchev–Trinajstić information content (AvgIpc) is 3.19. The zero-order valence-electron chi connectivity index (χ0n) is 17.7. The first-order valence-electron chi connectivity index (χ1n) is 10.0. The van der Waals surface area contributed by atoms with Crippen LogP contribution in [-0.2, 0) is 6.54 Å². The molecule has 0 radical (unpaired) electrons. The minimum Gasteiger partial charge on any atom is -0.316 e. The van der Waals surface area contributed by atoms with Crippen LogP contribution in [0.1, 0.15) is 60.4 Å². The van der Waals surface area contributed by atoms with Crippen LogP contribution >= 0.6 is 11.3 Å². The van der Waals surface area contributed by atoms with Crippen LogP contribution in [-0.4, -0.2) is 30.4 Å². The third-order valence-electron chi connectivity index (χ3n) is 5.65. The number of rotatable bonds is 5. The van der Waals surface area contributed by atoms with Crippen molar-refractivity contribution in [1.82, 2.24) is 24.8 Å². The van der Waals surface area contributed by atoms with E-state index in [1.54, 1.807) is 11.3 Å². The van der Waals surface area contributed by atoms with Crippen molar-refractivity contribution in [2.24, 2.45) is 0 Å². The summed E-state index contributed by atoms with van der Waals surface area (Å²) in [6.07, 6.45) is 5.90. The van der Waals surface area contributed by atoms with Gasteiger partial charge in [-0.2, -0.15) is 0 Å². The van der Waals surface area contributed by atoms with Crippen molar-refractivity contribution in [1.29, 1.82) is 0 Å². The first-order valence-corrected chi connectivity index (χ1v) is 10.9. The van der Waals surface area contributed by atoms with Gasteiger partial charge in [-0.15, -0.1) is 11.3 Å². The summed E-state index contributed by atoms with van der Waals surface area (Å²) in [7, 11) is 0. The van der Waals surface area contributed by atoms with Crippen LogP contribution in [0.3, 0.4) is 0 Å². The molecule has 1 N–H and O–H groups in total. The number of aryl methyl sites for hydroxylation is 3. The summed E-state index contributed by atoms with van der Waals surface area (Å²) in [5, 5.41) is 4.21. The van der Waals surface area contributed by atoms with Crippen LogP contribution in [0.15, 0.2) is 30.6 Å². The second kappa shape index (κ2) is 7.80. The maximum absolute atomic E-state index is 4.88. The topological polar surface area (TPSA) is 66.8 Å². The van der Waals surface area contributed by atoms with Gasteiger partial charge in [0.25, 0.3) is 0 Å². The van der Waals surface area contributed by atoms with Crippen LogP contribution in [0.2, 0.25) is 0 Å². The Morgan fingerprint density at radius 1 is 1.21 bits per heavy atom. The lowest BCUT2D eigenvalue weighted by atomic mass is 10.0. The van der Waals surface area contributed by atoms with Crippen molar-refractivity contribution in [3.8, 4) is 0 Å². The van der Waals surface area contributed by atoms with Gasteiger partial charge in [-0.3, -0.25) is 9.88 Å². The number of nitrogens with one attached hydrogen (secondary N) is 1. The highest BCUT2D eigenvalue weighted by molar-refractivity contribution is 7.15. The van der Waals surface area contributed by atoms with Crippen molar-refractivity contribution >= 4 is 22.3 Å². The van der Waals surface area contributed by atoms with E-state index >= 15 is 0 Å². The minimum absolute atomic E-state index is 0.0712. The summed E-state index contributed by atoms with van der Waals surface area (Å²) in [6.45, 7) is 11.6. The van der Waals surface area contributed by atoms with Crippen LogP contribution < -0.4 is 5.32 Å². The predicted molar refractivity (Wildman–Crippen MR) is 117 cm³/mol. The molecule has 0 bridgehead atoms. The zero-order valence-corrected chi connectivity index (χ0v) is 18.5. The predicted octanol–water partition coefficient (Wildman–Crippen LogP) is 5.11. The van der Waals surface area contributed by atoms with E-state index in [0.29, 0.717) is 0 Å². The van der Waals surface area contributed by atoms with Crippen molar-refractivity contribution < 1.29 is 0 Å². The summed E-state index contributed by atoms with van der Waals surface area (Å²) in [5.74, 6) is 1.68. The molecule has 1 aliphatic heterocycles. The number of aromatic nitrogens is 4. The van der Waals surface area contributed by atoms with E-state index in [4.69, 9.17) is 9.97 Å². The first-order chi connectivity index (χ1) is 13.8. The lowest BCUT2D eigenvalue weighted by Gasteiger charge is -2.35. The van der Waals surface area contributed by atoms with Crippen molar-refractivity contribution in [3.05, 3.63) is 58.2 Å². The van der Waals surface area contributed by atoms with Gasteiger partial charge in [-0.05, 0) is 59.1 Å². The maximum Gasteiger partial charge on any atom is 0.188 e. The normalized spacial score (nSPS) is 18.9. The van der Waals surface area contributed by atoms with Gasteiger partial charge >= 0.3 is 0 Å². The Bertz CT molecular complexity index is 1010. The molecule has 1 atom stereocenters. The number of pyridine rings is 1. The third kappa shape index (κ3) is 4.31. The van der Waals surface area contributed by atoms with Gasteiger partial charge in [0.2, 0.25) is 0 Å². The third-order valence-corrected chi connectivity index (χ3v) is 6.48. The van der Waals surface area contributed by atoms with Crippen LogP contribution in [0.4, 0.5) is 10.9 Å². The molecule has 1 unspecified atom stereocenters. The fourth-order valence-corrected chi connectivity index (χ4v) is 4.65. The minimum atomic E-state index is 0.0712. The smallest absolute Gasteiger partial charge is 0.188 e. The van der Waals surface area contributed by atoms with Gasteiger partial charge in [-0.1, -0.05) is 6.07 Å². The van der Waals surface area contributed by atoms with E-state index in [9.17, 15) is 0 Å². The molecule has 3 aromatic heterocycles. The number of nitrogens with zero attached hydrogens (tertiary/aromatic N) is 5. The van der Waals surface area contributed by atoms with Crippen LogP contribution in [0, 0.1) is 20.8 Å². The summed E-state index contributed by atoms with van der Waals surface area (Å²) in [4.78, 5) is 22.4. The quantitative estimate of drug-likeness (QED) is 0.632. The molecule has 3 aromatic rings. The van der Waals surface area contributed by atoms with Crippen molar-refractivity contribution in [2.45, 2.75) is 65.6 Å². The molecule has 4 heterocycles. The molecule has 0 aromatic carbocycles. The highest BCUT2D eigenvalue weighted by Crippen LogP contribution is 2.42. The van der Waals surface area contributed by atoms with Crippen LogP contribution in [0.25, 0.3) is 0 Å². The molecule has 0 spiro atoms. The molecule has 0 saturated carbocycles. The molecule has 4 rings (SSSR count). The molecule has 0 aliphatic carbocycles. The monoisotopic (exact) mass is 408 g/mol. The number of anilines is 2. The van der Waals surface area contributed by atoms with E-state index < -0.39 is 0 Å². The summed E-state index contributed by atoms with van der Waals surface area (Å²) >= 11 is 1.63. The Morgan fingerprint density at radius 2 is 2.03 bits per heavy atom. The SMILES string of the molecule is Cc1cc(Nc2ncc(C)s2)nc(C2CCC(C)(C)N2Cc2ncccc2C)n1. The Hall–Kier alpha value is -2.38. The molecular weight excluding hydrogens is 380 g/mol. The summed E-state index contributed by atoms with van der Waals surface area (Å²) in [6, 6.07) is 6.27. The fraction of sp³-hybridized carbons (Fsp3) is 0.455. The Morgan fingerprint density at radius 3 is 2.76 bits per heavy atom. The summed E-state index contributed by atoms with van der Waals surface area (Å²) in [5.41, 5.74) is 3.38. The Balaban J connectivity index is 1.64. The molecule has 1 fully saturated rings. The number of hydrogen-bond donors (Lipinski definition) is 1. The van der Waals surface area contributed by atoms with Gasteiger partial charge in [0.1, 0.15) is 11.6 Å². The van der Waals surface area contributed by atoms with Gasteiger partial charge in [0.15, 0.2) is 5.13 Å². The van der Waals surface area contributed by atoms with E-state index in [1.165, 1.54) is 10.4 Å². The second-order valence-corrected chi connectivity index (χ2v) is 9.65. The molecule has 29 heavy (non-hydrogen) atoms. The van der Waals surface area contributed by atoms with Gasteiger partial charge in [0.05, 0.1) is 11.7 Å². The van der Waals surface area contributed by atoms with Gasteiger partial charge in [-0.25, -0.2) is 15.0 Å². The standard InChI is InChI=1S/C22H28N6S/c1-14-7-6-10-23-17(14)13-28-18(8-9-22(28,4)5)20-25-15(2)11-19(26-20)27-21-24-12-16(3)29-21/h6-7,10-12,18H,8-9,13H2,1-5H3,(H,24,25,26,27). The van der Waals surface area contributed by atoms with Gasteiger partial charge in [0, 0.05) is 41.1 Å². The van der Waals surface area contributed by atoms with Crippen molar-refractivity contribution in [2.75, 3.05) is 5.32 Å². The van der Waals surface area contributed by atoms with E-state index in [1.807, 2.05) is 31.5 Å². The summed E-state index contributed by atoms with van der Waals surface area (Å²) < 4.78 is 0. The Labute approximate surface area is 176 Å².